The normalized spacial score (nSPS) is 23.3. The molecule has 0 spiro atoms. The van der Waals surface area contributed by atoms with E-state index in [1.54, 1.807) is 12.1 Å². The van der Waals surface area contributed by atoms with Crippen LogP contribution < -0.4 is 10.6 Å². The molecule has 1 aliphatic rings. The molecule has 5 nitrogen and oxygen atoms in total. The van der Waals surface area contributed by atoms with Gasteiger partial charge in [-0.1, -0.05) is 18.2 Å². The van der Waals surface area contributed by atoms with E-state index in [1.807, 2.05) is 27.7 Å². The minimum absolute atomic E-state index is 0.0653. The summed E-state index contributed by atoms with van der Waals surface area (Å²) in [5.74, 6) is -0.491. The summed E-state index contributed by atoms with van der Waals surface area (Å²) in [5.41, 5.74) is -0.600. The Morgan fingerprint density at radius 2 is 2.04 bits per heavy atom. The first kappa shape index (κ1) is 17.7. The Morgan fingerprint density at radius 3 is 2.61 bits per heavy atom. The number of carbonyl (C=O) groups is 1. The Bertz CT molecular complexity index is 575. The van der Waals surface area contributed by atoms with Gasteiger partial charge in [0.25, 0.3) is 0 Å². The van der Waals surface area contributed by atoms with Crippen LogP contribution in [-0.2, 0) is 4.74 Å². The zero-order valence-corrected chi connectivity index (χ0v) is 14.0. The van der Waals surface area contributed by atoms with E-state index in [2.05, 4.69) is 10.6 Å². The Labute approximate surface area is 136 Å². The topological polar surface area (TPSA) is 70.6 Å². The summed E-state index contributed by atoms with van der Waals surface area (Å²) in [6.07, 6.45) is -0.394. The number of aliphatic hydroxyl groups excluding tert-OH is 1. The second-order valence-corrected chi connectivity index (χ2v) is 7.11. The Kier molecular flexibility index (Phi) is 4.96. The smallest absolute Gasteiger partial charge is 0.315 e. The van der Waals surface area contributed by atoms with Crippen molar-refractivity contribution < 1.29 is 19.0 Å². The summed E-state index contributed by atoms with van der Waals surface area (Å²) in [4.78, 5) is 12.0. The van der Waals surface area contributed by atoms with Gasteiger partial charge in [-0.2, -0.15) is 0 Å². The highest BCUT2D eigenvalue weighted by atomic mass is 19.1. The van der Waals surface area contributed by atoms with E-state index < -0.39 is 23.6 Å². The van der Waals surface area contributed by atoms with Crippen molar-refractivity contribution in [1.29, 1.82) is 0 Å². The lowest BCUT2D eigenvalue weighted by Gasteiger charge is -2.27. The van der Waals surface area contributed by atoms with Gasteiger partial charge in [0.1, 0.15) is 5.82 Å². The van der Waals surface area contributed by atoms with Crippen molar-refractivity contribution in [3.05, 3.63) is 35.6 Å². The fraction of sp³-hybridized carbons (Fsp3) is 0.588. The Balaban J connectivity index is 1.87. The number of aliphatic hydroxyl groups is 1. The van der Waals surface area contributed by atoms with Crippen LogP contribution in [0.2, 0.25) is 0 Å². The largest absolute Gasteiger partial charge is 0.386 e. The molecule has 1 aromatic carbocycles. The third-order valence-corrected chi connectivity index (χ3v) is 4.10. The van der Waals surface area contributed by atoms with Crippen LogP contribution in [0.3, 0.4) is 0 Å². The molecule has 0 aromatic heterocycles. The lowest BCUT2D eigenvalue weighted by molar-refractivity contribution is -0.0690. The molecule has 6 heteroatoms. The van der Waals surface area contributed by atoms with Crippen LogP contribution in [-0.4, -0.2) is 34.9 Å². The van der Waals surface area contributed by atoms with E-state index in [0.29, 0.717) is 6.42 Å². The van der Waals surface area contributed by atoms with Crippen LogP contribution in [0.4, 0.5) is 9.18 Å². The van der Waals surface area contributed by atoms with Crippen molar-refractivity contribution in [2.75, 3.05) is 6.54 Å². The molecular formula is C17H25FN2O3. The summed E-state index contributed by atoms with van der Waals surface area (Å²) in [7, 11) is 0. The van der Waals surface area contributed by atoms with Crippen LogP contribution in [0, 0.1) is 5.82 Å². The fourth-order valence-corrected chi connectivity index (χ4v) is 3.04. The Morgan fingerprint density at radius 1 is 1.39 bits per heavy atom. The van der Waals surface area contributed by atoms with E-state index in [0.717, 1.165) is 0 Å². The monoisotopic (exact) mass is 324 g/mol. The maximum atomic E-state index is 13.6. The first-order chi connectivity index (χ1) is 10.6. The van der Waals surface area contributed by atoms with Crippen molar-refractivity contribution >= 4 is 6.03 Å². The predicted octanol–water partition coefficient (Wildman–Crippen LogP) is 2.50. The standard InChI is InChI=1S/C17H25FN2O3/c1-16(2)9-14(17(3,4)23-16)20-15(22)19-10-13(21)11-7-5-6-8-12(11)18/h5-8,13-14,21H,9-10H2,1-4H3,(H2,19,20,22). The van der Waals surface area contributed by atoms with Crippen LogP contribution >= 0.6 is 0 Å². The molecule has 1 aromatic rings. The molecule has 128 valence electrons. The van der Waals surface area contributed by atoms with Gasteiger partial charge in [0.15, 0.2) is 0 Å². The van der Waals surface area contributed by atoms with Gasteiger partial charge < -0.3 is 20.5 Å². The van der Waals surface area contributed by atoms with Gasteiger partial charge in [0.2, 0.25) is 0 Å². The van der Waals surface area contributed by atoms with Gasteiger partial charge in [0.05, 0.1) is 23.3 Å². The molecule has 0 bridgehead atoms. The maximum Gasteiger partial charge on any atom is 0.315 e. The third-order valence-electron chi connectivity index (χ3n) is 4.10. The lowest BCUT2D eigenvalue weighted by atomic mass is 9.95. The lowest BCUT2D eigenvalue weighted by Crippen LogP contribution is -2.50. The van der Waals surface area contributed by atoms with Crippen molar-refractivity contribution in [2.45, 2.75) is 57.5 Å². The van der Waals surface area contributed by atoms with E-state index >= 15 is 0 Å². The average molecular weight is 324 g/mol. The molecule has 2 unspecified atom stereocenters. The third kappa shape index (κ3) is 4.42. The van der Waals surface area contributed by atoms with Crippen LogP contribution in [0.25, 0.3) is 0 Å². The molecule has 0 aliphatic carbocycles. The highest BCUT2D eigenvalue weighted by molar-refractivity contribution is 5.74. The SMILES string of the molecule is CC1(C)CC(NC(=O)NCC(O)c2ccccc2F)C(C)(C)O1. The summed E-state index contributed by atoms with van der Waals surface area (Å²) in [5, 5.41) is 15.4. The van der Waals surface area contributed by atoms with Gasteiger partial charge in [-0.15, -0.1) is 0 Å². The number of halogens is 1. The molecule has 1 saturated heterocycles. The minimum atomic E-state index is -1.09. The van der Waals surface area contributed by atoms with Crippen molar-refractivity contribution in [1.82, 2.24) is 10.6 Å². The number of ether oxygens (including phenoxy) is 1. The highest BCUT2D eigenvalue weighted by Gasteiger charge is 2.46. The van der Waals surface area contributed by atoms with Crippen molar-refractivity contribution in [3.8, 4) is 0 Å². The van der Waals surface area contributed by atoms with E-state index in [-0.39, 0.29) is 23.8 Å². The fourth-order valence-electron chi connectivity index (χ4n) is 3.04. The second kappa shape index (κ2) is 6.45. The van der Waals surface area contributed by atoms with E-state index in [4.69, 9.17) is 4.74 Å². The van der Waals surface area contributed by atoms with Gasteiger partial charge in [-0.05, 0) is 40.2 Å². The van der Waals surface area contributed by atoms with Crippen molar-refractivity contribution in [3.63, 3.8) is 0 Å². The molecule has 1 heterocycles. The van der Waals surface area contributed by atoms with Crippen molar-refractivity contribution in [2.24, 2.45) is 0 Å². The maximum absolute atomic E-state index is 13.6. The summed E-state index contributed by atoms with van der Waals surface area (Å²) in [6.45, 7) is 7.76. The van der Waals surface area contributed by atoms with Gasteiger partial charge in [0, 0.05) is 12.1 Å². The molecule has 1 aliphatic heterocycles. The first-order valence-corrected chi connectivity index (χ1v) is 7.78. The zero-order chi connectivity index (χ0) is 17.3. The minimum Gasteiger partial charge on any atom is -0.386 e. The quantitative estimate of drug-likeness (QED) is 0.797. The van der Waals surface area contributed by atoms with Gasteiger partial charge in [-0.3, -0.25) is 0 Å². The Hall–Kier alpha value is -1.66. The van der Waals surface area contributed by atoms with Gasteiger partial charge in [-0.25, -0.2) is 9.18 Å². The molecule has 2 rings (SSSR count). The molecule has 2 atom stereocenters. The summed E-state index contributed by atoms with van der Waals surface area (Å²) in [6, 6.07) is 5.43. The summed E-state index contributed by atoms with van der Waals surface area (Å²) >= 11 is 0. The summed E-state index contributed by atoms with van der Waals surface area (Å²) < 4.78 is 19.5. The number of hydrogen-bond acceptors (Lipinski definition) is 3. The number of rotatable bonds is 4. The molecule has 1 fully saturated rings. The zero-order valence-electron chi connectivity index (χ0n) is 14.0. The number of nitrogens with one attached hydrogen (secondary N) is 2. The van der Waals surface area contributed by atoms with Crippen LogP contribution in [0.5, 0.6) is 0 Å². The highest BCUT2D eigenvalue weighted by Crippen LogP contribution is 2.37. The molecule has 3 N–H and O–H groups in total. The van der Waals surface area contributed by atoms with E-state index in [1.165, 1.54) is 12.1 Å². The average Bonchev–Trinajstić information content (AvgIpc) is 2.64. The predicted molar refractivity (Wildman–Crippen MR) is 85.5 cm³/mol. The number of hydrogen-bond donors (Lipinski definition) is 3. The first-order valence-electron chi connectivity index (χ1n) is 7.78. The second-order valence-electron chi connectivity index (χ2n) is 7.11. The number of carbonyl (C=O) groups excluding carboxylic acids is 1. The molecule has 0 radical (unpaired) electrons. The number of benzene rings is 1. The molecule has 2 amide bonds. The molecule has 23 heavy (non-hydrogen) atoms. The van der Waals surface area contributed by atoms with Crippen LogP contribution in [0.15, 0.2) is 24.3 Å². The van der Waals surface area contributed by atoms with E-state index in [9.17, 15) is 14.3 Å². The number of amides is 2. The number of urea groups is 1. The van der Waals surface area contributed by atoms with Crippen LogP contribution in [0.1, 0.15) is 45.8 Å². The molecular weight excluding hydrogens is 299 g/mol. The van der Waals surface area contributed by atoms with Gasteiger partial charge >= 0.3 is 6.03 Å². The molecule has 0 saturated carbocycles.